The molecule has 106 valence electrons. The number of hydrogen-bond donors (Lipinski definition) is 0. The fourth-order valence-electron chi connectivity index (χ4n) is 2.56. The topological polar surface area (TPSA) is 72.9 Å². The maximum atomic E-state index is 11.9. The van der Waals surface area contributed by atoms with Crippen LogP contribution in [0.2, 0.25) is 0 Å². The monoisotopic (exact) mass is 269 g/mol. The van der Waals surface area contributed by atoms with Gasteiger partial charge in [-0.3, -0.25) is 9.69 Å². The van der Waals surface area contributed by atoms with Crippen molar-refractivity contribution in [3.63, 3.8) is 0 Å². The second-order valence-corrected chi connectivity index (χ2v) is 4.50. The van der Waals surface area contributed by atoms with Gasteiger partial charge in [0.05, 0.1) is 14.2 Å². The Morgan fingerprint density at radius 2 is 1.95 bits per heavy atom. The van der Waals surface area contributed by atoms with Crippen molar-refractivity contribution in [3.05, 3.63) is 12.7 Å². The van der Waals surface area contributed by atoms with Gasteiger partial charge in [-0.15, -0.1) is 6.58 Å². The Morgan fingerprint density at radius 1 is 1.32 bits per heavy atom. The van der Waals surface area contributed by atoms with Crippen LogP contribution in [-0.2, 0) is 19.1 Å². The van der Waals surface area contributed by atoms with E-state index >= 15 is 0 Å². The van der Waals surface area contributed by atoms with Crippen molar-refractivity contribution >= 4 is 17.8 Å². The molecule has 0 aliphatic carbocycles. The molecule has 0 saturated carbocycles. The molecule has 0 aromatic carbocycles. The van der Waals surface area contributed by atoms with Crippen LogP contribution in [0.4, 0.5) is 4.79 Å². The molecule has 1 rings (SSSR count). The van der Waals surface area contributed by atoms with E-state index in [1.165, 1.54) is 26.0 Å². The molecule has 1 fully saturated rings. The first-order valence-electron chi connectivity index (χ1n) is 6.01. The molecule has 0 spiro atoms. The molecule has 0 aromatic heterocycles. The summed E-state index contributed by atoms with van der Waals surface area (Å²) in [6.07, 6.45) is 1.46. The first-order chi connectivity index (χ1) is 8.97. The summed E-state index contributed by atoms with van der Waals surface area (Å²) in [5, 5.41) is 0. The highest BCUT2D eigenvalue weighted by atomic mass is 16.5. The van der Waals surface area contributed by atoms with E-state index < -0.39 is 24.0 Å². The first-order valence-corrected chi connectivity index (χ1v) is 6.01. The third-order valence-corrected chi connectivity index (χ3v) is 3.46. The van der Waals surface area contributed by atoms with Gasteiger partial charge >= 0.3 is 12.1 Å². The number of methoxy groups -OCH3 is 2. The Morgan fingerprint density at radius 3 is 2.37 bits per heavy atom. The van der Waals surface area contributed by atoms with Gasteiger partial charge in [-0.05, 0) is 13.3 Å². The summed E-state index contributed by atoms with van der Waals surface area (Å²) >= 11 is 0. The Balaban J connectivity index is 3.12. The van der Waals surface area contributed by atoms with E-state index in [4.69, 9.17) is 4.74 Å². The van der Waals surface area contributed by atoms with E-state index in [1.807, 2.05) is 0 Å². The summed E-state index contributed by atoms with van der Waals surface area (Å²) < 4.78 is 9.39. The van der Waals surface area contributed by atoms with Gasteiger partial charge in [0.25, 0.3) is 0 Å². The summed E-state index contributed by atoms with van der Waals surface area (Å²) in [7, 11) is 2.49. The van der Waals surface area contributed by atoms with Gasteiger partial charge in [0.15, 0.2) is 0 Å². The van der Waals surface area contributed by atoms with E-state index in [2.05, 4.69) is 11.3 Å². The maximum absolute atomic E-state index is 11.9. The van der Waals surface area contributed by atoms with E-state index in [0.29, 0.717) is 6.42 Å². The van der Waals surface area contributed by atoms with Crippen LogP contribution < -0.4 is 0 Å². The van der Waals surface area contributed by atoms with Gasteiger partial charge in [0.1, 0.15) is 11.8 Å². The molecule has 0 aromatic rings. The number of carbonyl (C=O) groups is 3. The Labute approximate surface area is 112 Å². The van der Waals surface area contributed by atoms with Crippen molar-refractivity contribution in [2.24, 2.45) is 11.8 Å². The van der Waals surface area contributed by atoms with Crippen molar-refractivity contribution in [2.75, 3.05) is 20.8 Å². The van der Waals surface area contributed by atoms with Crippen molar-refractivity contribution in [1.82, 2.24) is 4.90 Å². The summed E-state index contributed by atoms with van der Waals surface area (Å²) in [5.41, 5.74) is 0. The van der Waals surface area contributed by atoms with Crippen LogP contribution >= 0.6 is 0 Å². The van der Waals surface area contributed by atoms with Crippen LogP contribution in [-0.4, -0.2) is 49.6 Å². The minimum Gasteiger partial charge on any atom is -0.467 e. The van der Waals surface area contributed by atoms with Crippen LogP contribution in [0.1, 0.15) is 13.3 Å². The maximum Gasteiger partial charge on any atom is 0.410 e. The van der Waals surface area contributed by atoms with Crippen LogP contribution in [0.3, 0.4) is 0 Å². The predicted octanol–water partition coefficient (Wildman–Crippen LogP) is 1.01. The number of ether oxygens (including phenoxy) is 2. The van der Waals surface area contributed by atoms with Crippen molar-refractivity contribution < 1.29 is 23.9 Å². The number of esters is 1. The quantitative estimate of drug-likeness (QED) is 0.562. The largest absolute Gasteiger partial charge is 0.467 e. The van der Waals surface area contributed by atoms with Crippen LogP contribution in [0.5, 0.6) is 0 Å². The minimum absolute atomic E-state index is 0.0628. The summed E-state index contributed by atoms with van der Waals surface area (Å²) in [6, 6.07) is -0.802. The Bertz CT molecular complexity index is 392. The van der Waals surface area contributed by atoms with Gasteiger partial charge < -0.3 is 9.47 Å². The standard InChI is InChI=1S/C13H19NO5/c1-5-6-9-10(8(2)15)7-14(13(17)19-4)11(9)12(16)18-3/h5,9-11H,1,6-7H2,2-4H3/t9-,10-,11-/m0/s1. The second-order valence-electron chi connectivity index (χ2n) is 4.50. The van der Waals surface area contributed by atoms with E-state index in [0.717, 1.165) is 0 Å². The molecular formula is C13H19NO5. The molecule has 6 nitrogen and oxygen atoms in total. The molecule has 6 heteroatoms. The fraction of sp³-hybridized carbons (Fsp3) is 0.615. The zero-order valence-corrected chi connectivity index (χ0v) is 11.4. The number of allylic oxidation sites excluding steroid dienone is 1. The first kappa shape index (κ1) is 15.2. The molecule has 0 unspecified atom stereocenters. The third-order valence-electron chi connectivity index (χ3n) is 3.46. The van der Waals surface area contributed by atoms with E-state index in [1.54, 1.807) is 6.08 Å². The molecule has 1 heterocycles. The fourth-order valence-corrected chi connectivity index (χ4v) is 2.56. The Kier molecular flexibility index (Phi) is 5.09. The lowest BCUT2D eigenvalue weighted by Crippen LogP contribution is -2.43. The molecule has 0 radical (unpaired) electrons. The average Bonchev–Trinajstić information content (AvgIpc) is 2.77. The molecule has 0 bridgehead atoms. The lowest BCUT2D eigenvalue weighted by Gasteiger charge is -2.24. The van der Waals surface area contributed by atoms with Gasteiger partial charge in [-0.25, -0.2) is 9.59 Å². The lowest BCUT2D eigenvalue weighted by molar-refractivity contribution is -0.146. The second kappa shape index (κ2) is 6.36. The highest BCUT2D eigenvalue weighted by Gasteiger charge is 2.49. The molecule has 1 aliphatic heterocycles. The lowest BCUT2D eigenvalue weighted by atomic mass is 9.85. The van der Waals surface area contributed by atoms with Crippen LogP contribution in [0.25, 0.3) is 0 Å². The summed E-state index contributed by atoms with van der Waals surface area (Å²) in [6.45, 7) is 5.25. The molecule has 19 heavy (non-hydrogen) atoms. The third kappa shape index (κ3) is 2.94. The number of nitrogens with zero attached hydrogens (tertiary/aromatic N) is 1. The van der Waals surface area contributed by atoms with Crippen molar-refractivity contribution in [1.29, 1.82) is 0 Å². The van der Waals surface area contributed by atoms with Gasteiger partial charge in [-0.2, -0.15) is 0 Å². The number of likely N-dealkylation sites (tertiary alicyclic amines) is 1. The minimum atomic E-state index is -0.802. The average molecular weight is 269 g/mol. The molecule has 1 amide bonds. The molecule has 1 saturated heterocycles. The number of carbonyl (C=O) groups excluding carboxylic acids is 3. The van der Waals surface area contributed by atoms with E-state index in [-0.39, 0.29) is 18.2 Å². The smallest absolute Gasteiger partial charge is 0.410 e. The Hall–Kier alpha value is -1.85. The molecule has 1 aliphatic rings. The predicted molar refractivity (Wildman–Crippen MR) is 67.4 cm³/mol. The highest BCUT2D eigenvalue weighted by molar-refractivity contribution is 5.87. The zero-order valence-electron chi connectivity index (χ0n) is 11.4. The summed E-state index contributed by atoms with van der Waals surface area (Å²) in [5.74, 6) is -1.32. The molecule has 3 atom stereocenters. The van der Waals surface area contributed by atoms with E-state index in [9.17, 15) is 14.4 Å². The highest BCUT2D eigenvalue weighted by Crippen LogP contribution is 2.34. The number of Topliss-reactive ketones (excluding diaryl/α,β-unsaturated/α-hetero) is 1. The van der Waals surface area contributed by atoms with Gasteiger partial charge in [0.2, 0.25) is 0 Å². The number of ketones is 1. The number of rotatable bonds is 4. The number of amides is 1. The van der Waals surface area contributed by atoms with Crippen molar-refractivity contribution in [2.45, 2.75) is 19.4 Å². The van der Waals surface area contributed by atoms with Crippen LogP contribution in [0.15, 0.2) is 12.7 Å². The molecular weight excluding hydrogens is 250 g/mol. The van der Waals surface area contributed by atoms with Gasteiger partial charge in [-0.1, -0.05) is 6.08 Å². The van der Waals surface area contributed by atoms with Gasteiger partial charge in [0, 0.05) is 18.4 Å². The number of hydrogen-bond acceptors (Lipinski definition) is 5. The summed E-state index contributed by atoms with van der Waals surface area (Å²) in [4.78, 5) is 36.5. The zero-order chi connectivity index (χ0) is 14.6. The SMILES string of the molecule is C=CC[C@@H]1[C@@H](C(=O)OC)N(C(=O)OC)C[C@H]1C(C)=O. The van der Waals surface area contributed by atoms with Crippen LogP contribution in [0, 0.1) is 11.8 Å². The molecule has 0 N–H and O–H groups in total. The van der Waals surface area contributed by atoms with Crippen molar-refractivity contribution in [3.8, 4) is 0 Å². The normalized spacial score (nSPS) is 25.8.